The lowest BCUT2D eigenvalue weighted by atomic mass is 10.2. The molecule has 1 aromatic rings. The van der Waals surface area contributed by atoms with Crippen molar-refractivity contribution in [1.82, 2.24) is 5.32 Å². The van der Waals surface area contributed by atoms with Crippen molar-refractivity contribution >= 4 is 11.6 Å². The van der Waals surface area contributed by atoms with Crippen LogP contribution in [0.4, 0.5) is 5.69 Å². The molecule has 19 heavy (non-hydrogen) atoms. The lowest BCUT2D eigenvalue weighted by molar-refractivity contribution is -0.115. The molecule has 0 radical (unpaired) electrons. The Kier molecular flexibility index (Phi) is 7.86. The molecular weight excluding hydrogens is 240 g/mol. The standard InChI is InChI=1S/C15H24N2O2/c1-13-6-8-14(9-7-13)17-15(18)12-16-10-4-3-5-11-19-2/h6-9,16H,3-5,10-12H2,1-2H3,(H,17,18). The van der Waals surface area contributed by atoms with Gasteiger partial charge in [0, 0.05) is 19.4 Å². The summed E-state index contributed by atoms with van der Waals surface area (Å²) in [5.41, 5.74) is 2.03. The van der Waals surface area contributed by atoms with Gasteiger partial charge >= 0.3 is 0 Å². The van der Waals surface area contributed by atoms with E-state index in [0.717, 1.165) is 38.1 Å². The summed E-state index contributed by atoms with van der Waals surface area (Å²) in [6.45, 7) is 4.06. The molecule has 0 atom stereocenters. The van der Waals surface area contributed by atoms with E-state index in [-0.39, 0.29) is 5.91 Å². The molecule has 4 nitrogen and oxygen atoms in total. The van der Waals surface area contributed by atoms with E-state index in [1.807, 2.05) is 31.2 Å². The highest BCUT2D eigenvalue weighted by molar-refractivity contribution is 5.92. The van der Waals surface area contributed by atoms with Crippen molar-refractivity contribution in [3.05, 3.63) is 29.8 Å². The number of anilines is 1. The first-order valence-electron chi connectivity index (χ1n) is 6.78. The van der Waals surface area contributed by atoms with Gasteiger partial charge in [0.15, 0.2) is 0 Å². The van der Waals surface area contributed by atoms with Crippen LogP contribution in [-0.4, -0.2) is 32.7 Å². The Bertz CT molecular complexity index is 363. The predicted octanol–water partition coefficient (Wildman–Crippen LogP) is 2.34. The molecular formula is C15H24N2O2. The second kappa shape index (κ2) is 9.53. The maximum Gasteiger partial charge on any atom is 0.238 e. The fourth-order valence-electron chi connectivity index (χ4n) is 1.72. The van der Waals surface area contributed by atoms with Crippen LogP contribution in [0.2, 0.25) is 0 Å². The predicted molar refractivity (Wildman–Crippen MR) is 78.4 cm³/mol. The lowest BCUT2D eigenvalue weighted by Crippen LogP contribution is -2.28. The summed E-state index contributed by atoms with van der Waals surface area (Å²) >= 11 is 0. The Morgan fingerprint density at radius 1 is 1.16 bits per heavy atom. The van der Waals surface area contributed by atoms with Gasteiger partial charge in [0.2, 0.25) is 5.91 Å². The summed E-state index contributed by atoms with van der Waals surface area (Å²) in [7, 11) is 1.72. The van der Waals surface area contributed by atoms with E-state index in [0.29, 0.717) is 6.54 Å². The first kappa shape index (κ1) is 15.7. The molecule has 0 saturated heterocycles. The number of ether oxygens (including phenoxy) is 1. The zero-order valence-corrected chi connectivity index (χ0v) is 11.9. The van der Waals surface area contributed by atoms with Crippen molar-refractivity contribution in [3.63, 3.8) is 0 Å². The van der Waals surface area contributed by atoms with Crippen molar-refractivity contribution in [1.29, 1.82) is 0 Å². The number of benzene rings is 1. The summed E-state index contributed by atoms with van der Waals surface area (Å²) in [6, 6.07) is 7.80. The van der Waals surface area contributed by atoms with Gasteiger partial charge in [-0.05, 0) is 44.9 Å². The molecule has 0 aromatic heterocycles. The maximum atomic E-state index is 11.6. The summed E-state index contributed by atoms with van der Waals surface area (Å²) < 4.78 is 4.98. The Balaban J connectivity index is 2.06. The molecule has 0 aliphatic heterocycles. The molecule has 4 heteroatoms. The topological polar surface area (TPSA) is 50.4 Å². The summed E-state index contributed by atoms with van der Waals surface area (Å²) in [4.78, 5) is 11.6. The van der Waals surface area contributed by atoms with E-state index in [9.17, 15) is 4.79 Å². The summed E-state index contributed by atoms with van der Waals surface area (Å²) in [5, 5.41) is 6.00. The SMILES string of the molecule is COCCCCCNCC(=O)Nc1ccc(C)cc1. The normalized spacial score (nSPS) is 10.4. The molecule has 0 saturated carbocycles. The molecule has 0 fully saturated rings. The molecule has 0 bridgehead atoms. The van der Waals surface area contributed by atoms with Crippen LogP contribution < -0.4 is 10.6 Å². The molecule has 1 amide bonds. The van der Waals surface area contributed by atoms with Crippen LogP contribution in [0.25, 0.3) is 0 Å². The molecule has 0 spiro atoms. The molecule has 0 unspecified atom stereocenters. The quantitative estimate of drug-likeness (QED) is 0.673. The number of carbonyl (C=O) groups is 1. The van der Waals surface area contributed by atoms with Crippen molar-refractivity contribution in [2.24, 2.45) is 0 Å². The maximum absolute atomic E-state index is 11.6. The molecule has 0 heterocycles. The number of hydrogen-bond acceptors (Lipinski definition) is 3. The van der Waals surface area contributed by atoms with Gasteiger partial charge in [-0.3, -0.25) is 4.79 Å². The molecule has 0 aliphatic carbocycles. The number of carbonyl (C=O) groups excluding carboxylic acids is 1. The molecule has 2 N–H and O–H groups in total. The number of amides is 1. The van der Waals surface area contributed by atoms with E-state index in [1.54, 1.807) is 7.11 Å². The fourth-order valence-corrected chi connectivity index (χ4v) is 1.72. The fraction of sp³-hybridized carbons (Fsp3) is 0.533. The zero-order chi connectivity index (χ0) is 13.9. The highest BCUT2D eigenvalue weighted by Gasteiger charge is 2.01. The molecule has 0 aliphatic rings. The van der Waals surface area contributed by atoms with Crippen LogP contribution in [-0.2, 0) is 9.53 Å². The minimum atomic E-state index is 0.000689. The second-order valence-electron chi connectivity index (χ2n) is 4.64. The van der Waals surface area contributed by atoms with Gasteiger partial charge < -0.3 is 15.4 Å². The molecule has 1 aromatic carbocycles. The second-order valence-corrected chi connectivity index (χ2v) is 4.64. The molecule has 106 valence electrons. The van der Waals surface area contributed by atoms with Gasteiger partial charge in [-0.1, -0.05) is 17.7 Å². The third-order valence-corrected chi connectivity index (χ3v) is 2.82. The van der Waals surface area contributed by atoms with Crippen LogP contribution in [0.1, 0.15) is 24.8 Å². The summed E-state index contributed by atoms with van der Waals surface area (Å²) in [6.07, 6.45) is 3.27. The monoisotopic (exact) mass is 264 g/mol. The minimum Gasteiger partial charge on any atom is -0.385 e. The van der Waals surface area contributed by atoms with Crippen LogP contribution >= 0.6 is 0 Å². The number of aryl methyl sites for hydroxylation is 1. The smallest absolute Gasteiger partial charge is 0.238 e. The van der Waals surface area contributed by atoms with Gasteiger partial charge in [-0.25, -0.2) is 0 Å². The van der Waals surface area contributed by atoms with Crippen LogP contribution in [0, 0.1) is 6.92 Å². The Hall–Kier alpha value is -1.39. The van der Waals surface area contributed by atoms with Crippen LogP contribution in [0.5, 0.6) is 0 Å². The van der Waals surface area contributed by atoms with E-state index < -0.39 is 0 Å². The average molecular weight is 264 g/mol. The van der Waals surface area contributed by atoms with Crippen LogP contribution in [0.3, 0.4) is 0 Å². The van der Waals surface area contributed by atoms with Crippen molar-refractivity contribution in [3.8, 4) is 0 Å². The Morgan fingerprint density at radius 3 is 2.58 bits per heavy atom. The van der Waals surface area contributed by atoms with E-state index in [1.165, 1.54) is 5.56 Å². The first-order valence-corrected chi connectivity index (χ1v) is 6.78. The number of rotatable bonds is 9. The van der Waals surface area contributed by atoms with Gasteiger partial charge in [-0.15, -0.1) is 0 Å². The van der Waals surface area contributed by atoms with Crippen LogP contribution in [0.15, 0.2) is 24.3 Å². The van der Waals surface area contributed by atoms with Crippen molar-refractivity contribution in [2.45, 2.75) is 26.2 Å². The lowest BCUT2D eigenvalue weighted by Gasteiger charge is -2.07. The highest BCUT2D eigenvalue weighted by atomic mass is 16.5. The van der Waals surface area contributed by atoms with Gasteiger partial charge in [0.05, 0.1) is 6.54 Å². The highest BCUT2D eigenvalue weighted by Crippen LogP contribution is 2.07. The number of methoxy groups -OCH3 is 1. The summed E-state index contributed by atoms with van der Waals surface area (Å²) in [5.74, 6) is 0.000689. The van der Waals surface area contributed by atoms with E-state index in [2.05, 4.69) is 10.6 Å². The minimum absolute atomic E-state index is 0.000689. The third-order valence-electron chi connectivity index (χ3n) is 2.82. The largest absolute Gasteiger partial charge is 0.385 e. The van der Waals surface area contributed by atoms with Gasteiger partial charge in [0.25, 0.3) is 0 Å². The average Bonchev–Trinajstić information content (AvgIpc) is 2.40. The third kappa shape index (κ3) is 7.59. The van der Waals surface area contributed by atoms with E-state index >= 15 is 0 Å². The van der Waals surface area contributed by atoms with Gasteiger partial charge in [-0.2, -0.15) is 0 Å². The Labute approximate surface area is 115 Å². The van der Waals surface area contributed by atoms with E-state index in [4.69, 9.17) is 4.74 Å². The number of nitrogens with one attached hydrogen (secondary N) is 2. The number of hydrogen-bond donors (Lipinski definition) is 2. The molecule has 1 rings (SSSR count). The van der Waals surface area contributed by atoms with Crippen molar-refractivity contribution < 1.29 is 9.53 Å². The van der Waals surface area contributed by atoms with Gasteiger partial charge in [0.1, 0.15) is 0 Å². The zero-order valence-electron chi connectivity index (χ0n) is 11.9. The first-order chi connectivity index (χ1) is 9.22. The number of unbranched alkanes of at least 4 members (excludes halogenated alkanes) is 2. The van der Waals surface area contributed by atoms with Crippen molar-refractivity contribution in [2.75, 3.05) is 32.1 Å². The Morgan fingerprint density at radius 2 is 1.89 bits per heavy atom.